The number of nitrogens with zero attached hydrogens (tertiary/aromatic N) is 1. The predicted octanol–water partition coefficient (Wildman–Crippen LogP) is 4.09. The van der Waals surface area contributed by atoms with E-state index in [0.29, 0.717) is 5.88 Å². The first-order valence-electron chi connectivity index (χ1n) is 10.5. The molecule has 0 aliphatic rings. The van der Waals surface area contributed by atoms with E-state index in [2.05, 4.69) is 15.0 Å². The first-order valence-corrected chi connectivity index (χ1v) is 12.0. The molecule has 2 aromatic carbocycles. The lowest BCUT2D eigenvalue weighted by molar-refractivity contribution is -0.121. The molecule has 2 N–H and O–H groups in total. The molecular formula is C25H27N3O4S. The highest BCUT2D eigenvalue weighted by Gasteiger charge is 2.08. The molecular weight excluding hydrogens is 438 g/mol. The fourth-order valence-corrected chi connectivity index (χ4v) is 3.70. The van der Waals surface area contributed by atoms with E-state index in [4.69, 9.17) is 4.74 Å². The minimum Gasteiger partial charge on any atom is -0.439 e. The smallest absolute Gasteiger partial charge is 0.233 e. The number of aromatic nitrogens is 1. The van der Waals surface area contributed by atoms with Crippen molar-refractivity contribution in [3.63, 3.8) is 0 Å². The highest BCUT2D eigenvalue weighted by Crippen LogP contribution is 2.24. The summed E-state index contributed by atoms with van der Waals surface area (Å²) >= 11 is 0. The Morgan fingerprint density at radius 1 is 1.06 bits per heavy atom. The van der Waals surface area contributed by atoms with Crippen LogP contribution in [0, 0.1) is 13.8 Å². The molecule has 0 aliphatic carbocycles. The number of pyridine rings is 1. The monoisotopic (exact) mass is 465 g/mol. The molecule has 3 aromatic rings. The van der Waals surface area contributed by atoms with E-state index >= 15 is 0 Å². The van der Waals surface area contributed by atoms with E-state index in [0.717, 1.165) is 33.4 Å². The van der Waals surface area contributed by atoms with Gasteiger partial charge in [-0.25, -0.2) is 18.1 Å². The summed E-state index contributed by atoms with van der Waals surface area (Å²) in [5.74, 6) is 0.960. The van der Waals surface area contributed by atoms with E-state index < -0.39 is 10.0 Å². The molecule has 3 rings (SSSR count). The first-order chi connectivity index (χ1) is 15.8. The molecule has 0 spiro atoms. The Labute approximate surface area is 194 Å². The highest BCUT2D eigenvalue weighted by molar-refractivity contribution is 7.92. The molecule has 1 amide bonds. The van der Waals surface area contributed by atoms with E-state index in [-0.39, 0.29) is 25.4 Å². The Kier molecular flexibility index (Phi) is 8.34. The molecule has 172 valence electrons. The van der Waals surface area contributed by atoms with Crippen molar-refractivity contribution in [2.24, 2.45) is 0 Å². The fourth-order valence-electron chi connectivity index (χ4n) is 2.88. The molecule has 0 saturated carbocycles. The molecule has 0 bridgehead atoms. The lowest BCUT2D eigenvalue weighted by Crippen LogP contribution is -2.29. The van der Waals surface area contributed by atoms with Gasteiger partial charge in [0.15, 0.2) is 0 Å². The van der Waals surface area contributed by atoms with Gasteiger partial charge in [0.1, 0.15) is 5.75 Å². The van der Waals surface area contributed by atoms with Crippen molar-refractivity contribution in [1.82, 2.24) is 15.0 Å². The van der Waals surface area contributed by atoms with Crippen molar-refractivity contribution in [3.05, 3.63) is 94.5 Å². The summed E-state index contributed by atoms with van der Waals surface area (Å²) in [6, 6.07) is 18.6. The Morgan fingerprint density at radius 3 is 2.58 bits per heavy atom. The van der Waals surface area contributed by atoms with Gasteiger partial charge in [0.2, 0.25) is 21.8 Å². The fraction of sp³-hybridized carbons (Fsp3) is 0.200. The van der Waals surface area contributed by atoms with Crippen LogP contribution >= 0.6 is 0 Å². The molecule has 0 aliphatic heterocycles. The van der Waals surface area contributed by atoms with Crippen molar-refractivity contribution >= 4 is 22.0 Å². The van der Waals surface area contributed by atoms with Gasteiger partial charge in [-0.3, -0.25) is 4.79 Å². The van der Waals surface area contributed by atoms with E-state index in [9.17, 15) is 13.2 Å². The molecule has 0 radical (unpaired) electrons. The van der Waals surface area contributed by atoms with Crippen LogP contribution in [0.25, 0.3) is 6.08 Å². The first kappa shape index (κ1) is 24.2. The van der Waals surface area contributed by atoms with Crippen LogP contribution in [-0.4, -0.2) is 25.9 Å². The Bertz CT molecular complexity index is 1210. The number of ether oxygens (including phenoxy) is 1. The van der Waals surface area contributed by atoms with Crippen LogP contribution in [0.1, 0.15) is 28.7 Å². The van der Waals surface area contributed by atoms with Crippen LogP contribution in [0.2, 0.25) is 0 Å². The highest BCUT2D eigenvalue weighted by atomic mass is 32.2. The maximum Gasteiger partial charge on any atom is 0.233 e. The quantitative estimate of drug-likeness (QED) is 0.470. The van der Waals surface area contributed by atoms with Crippen LogP contribution in [0.15, 0.2) is 72.3 Å². The van der Waals surface area contributed by atoms with Crippen LogP contribution < -0.4 is 14.8 Å². The van der Waals surface area contributed by atoms with Gasteiger partial charge in [-0.2, -0.15) is 0 Å². The lowest BCUT2D eigenvalue weighted by Gasteiger charge is -2.10. The Balaban J connectivity index is 1.41. The molecule has 33 heavy (non-hydrogen) atoms. The summed E-state index contributed by atoms with van der Waals surface area (Å²) in [6.07, 6.45) is 3.17. The van der Waals surface area contributed by atoms with Crippen LogP contribution in [0.3, 0.4) is 0 Å². The molecule has 8 heteroatoms. The predicted molar refractivity (Wildman–Crippen MR) is 129 cm³/mol. The van der Waals surface area contributed by atoms with Gasteiger partial charge >= 0.3 is 0 Å². The van der Waals surface area contributed by atoms with Crippen molar-refractivity contribution in [3.8, 4) is 11.6 Å². The number of aryl methyl sites for hydroxylation is 2. The number of hydrogen-bond donors (Lipinski definition) is 2. The molecule has 0 unspecified atom stereocenters. The molecule has 7 nitrogen and oxygen atoms in total. The number of carbonyl (C=O) groups excluding carboxylic acids is 1. The SMILES string of the molecule is Cc1ccc(C)c(Oc2ccc(CNC(=O)CCNS(=O)(=O)/C=C/c3ccccc3)cn2)c1. The van der Waals surface area contributed by atoms with Crippen molar-refractivity contribution < 1.29 is 17.9 Å². The van der Waals surface area contributed by atoms with Crippen LogP contribution in [0.5, 0.6) is 11.6 Å². The minimum atomic E-state index is -3.61. The number of amides is 1. The summed E-state index contributed by atoms with van der Waals surface area (Å²) in [6.45, 7) is 4.26. The van der Waals surface area contributed by atoms with E-state index in [1.165, 1.54) is 6.08 Å². The van der Waals surface area contributed by atoms with E-state index in [1.807, 2.05) is 56.3 Å². The lowest BCUT2D eigenvalue weighted by atomic mass is 10.1. The van der Waals surface area contributed by atoms with Gasteiger partial charge in [0.25, 0.3) is 0 Å². The van der Waals surface area contributed by atoms with Crippen molar-refractivity contribution in [2.75, 3.05) is 6.54 Å². The summed E-state index contributed by atoms with van der Waals surface area (Å²) in [4.78, 5) is 16.3. The maximum atomic E-state index is 12.1. The number of carbonyl (C=O) groups is 1. The summed E-state index contributed by atoms with van der Waals surface area (Å²) in [5, 5.41) is 3.85. The largest absolute Gasteiger partial charge is 0.439 e. The zero-order valence-corrected chi connectivity index (χ0v) is 19.4. The van der Waals surface area contributed by atoms with E-state index in [1.54, 1.807) is 24.4 Å². The summed E-state index contributed by atoms with van der Waals surface area (Å²) in [5.41, 5.74) is 3.71. The Morgan fingerprint density at radius 2 is 1.85 bits per heavy atom. The molecule has 1 heterocycles. The number of hydrogen-bond acceptors (Lipinski definition) is 5. The van der Waals surface area contributed by atoms with Crippen molar-refractivity contribution in [1.29, 1.82) is 0 Å². The Hall–Kier alpha value is -3.49. The maximum absolute atomic E-state index is 12.1. The normalized spacial score (nSPS) is 11.5. The minimum absolute atomic E-state index is 0.00810. The summed E-state index contributed by atoms with van der Waals surface area (Å²) < 4.78 is 32.3. The zero-order chi connectivity index (χ0) is 23.7. The molecule has 0 fully saturated rings. The number of nitrogens with one attached hydrogen (secondary N) is 2. The van der Waals surface area contributed by atoms with Crippen LogP contribution in [-0.2, 0) is 21.4 Å². The third-order valence-electron chi connectivity index (χ3n) is 4.74. The second-order valence-electron chi connectivity index (χ2n) is 7.56. The van der Waals surface area contributed by atoms with Gasteiger partial charge in [0, 0.05) is 37.2 Å². The molecule has 0 saturated heterocycles. The van der Waals surface area contributed by atoms with Gasteiger partial charge in [-0.15, -0.1) is 0 Å². The molecule has 0 atom stereocenters. The van der Waals surface area contributed by atoms with Gasteiger partial charge < -0.3 is 10.1 Å². The zero-order valence-electron chi connectivity index (χ0n) is 18.6. The number of sulfonamides is 1. The third-order valence-corrected chi connectivity index (χ3v) is 5.84. The number of rotatable bonds is 10. The van der Waals surface area contributed by atoms with Crippen molar-refractivity contribution in [2.45, 2.75) is 26.8 Å². The van der Waals surface area contributed by atoms with Gasteiger partial charge in [0.05, 0.1) is 0 Å². The summed E-state index contributed by atoms with van der Waals surface area (Å²) in [7, 11) is -3.61. The average Bonchev–Trinajstić information content (AvgIpc) is 2.80. The topological polar surface area (TPSA) is 97.4 Å². The van der Waals surface area contributed by atoms with Gasteiger partial charge in [-0.1, -0.05) is 48.5 Å². The number of benzene rings is 2. The standard InChI is InChI=1S/C25H27N3O4S/c1-19-8-9-20(2)23(16-19)32-25-11-10-22(18-27-25)17-26-24(29)12-14-28-33(30,31)15-13-21-6-4-3-5-7-21/h3-11,13,15-16,18,28H,12,14,17H2,1-2H3,(H,26,29)/b15-13+. The van der Waals surface area contributed by atoms with Crippen LogP contribution in [0.4, 0.5) is 0 Å². The second kappa shape index (κ2) is 11.4. The third kappa shape index (κ3) is 8.17. The average molecular weight is 466 g/mol. The van der Waals surface area contributed by atoms with Gasteiger partial charge in [-0.05, 0) is 48.2 Å². The second-order valence-corrected chi connectivity index (χ2v) is 9.21. The molecule has 1 aromatic heterocycles.